The zero-order valence-electron chi connectivity index (χ0n) is 20.9. The Morgan fingerprint density at radius 1 is 0.846 bits per heavy atom. The summed E-state index contributed by atoms with van der Waals surface area (Å²) in [6, 6.07) is 25.1. The molecular formula is C33H20ClN3OS. The quantitative estimate of drug-likeness (QED) is 0.165. The zero-order chi connectivity index (χ0) is 26.2. The van der Waals surface area contributed by atoms with Crippen LogP contribution in [0.25, 0.3) is 76.6 Å². The van der Waals surface area contributed by atoms with E-state index >= 15 is 0 Å². The molecule has 0 spiro atoms. The minimum atomic E-state index is 0.147. The fourth-order valence-corrected chi connectivity index (χ4v) is 7.30. The van der Waals surface area contributed by atoms with E-state index in [-0.39, 0.29) is 5.28 Å². The van der Waals surface area contributed by atoms with E-state index < -0.39 is 0 Å². The molecule has 186 valence electrons. The van der Waals surface area contributed by atoms with E-state index in [1.54, 1.807) is 0 Å². The second kappa shape index (κ2) is 8.27. The van der Waals surface area contributed by atoms with Gasteiger partial charge in [-0.25, -0.2) is 0 Å². The third-order valence-corrected chi connectivity index (χ3v) is 8.81. The largest absolute Gasteiger partial charge is 0.437 e. The Morgan fingerprint density at radius 2 is 1.56 bits per heavy atom. The third kappa shape index (κ3) is 3.06. The van der Waals surface area contributed by atoms with Crippen LogP contribution in [0.1, 0.15) is 10.4 Å². The number of fused-ring (bicyclic) bond motifs is 11. The van der Waals surface area contributed by atoms with Gasteiger partial charge in [0.2, 0.25) is 11.0 Å². The van der Waals surface area contributed by atoms with Crippen LogP contribution in [0.2, 0.25) is 5.28 Å². The van der Waals surface area contributed by atoms with Crippen molar-refractivity contribution in [3.63, 3.8) is 0 Å². The van der Waals surface area contributed by atoms with E-state index in [1.807, 2.05) is 47.8 Å². The normalized spacial score (nSPS) is 12.4. The molecule has 0 radical (unpaired) electrons. The van der Waals surface area contributed by atoms with Crippen LogP contribution in [-0.4, -0.2) is 14.5 Å². The molecule has 4 aromatic carbocycles. The first-order chi connectivity index (χ1) is 19.2. The highest BCUT2D eigenvalue weighted by Crippen LogP contribution is 2.48. The van der Waals surface area contributed by atoms with Crippen LogP contribution in [0.4, 0.5) is 0 Å². The highest BCUT2D eigenvalue weighted by atomic mass is 35.5. The van der Waals surface area contributed by atoms with Crippen molar-refractivity contribution in [3.05, 3.63) is 107 Å². The van der Waals surface area contributed by atoms with Gasteiger partial charge in [-0.3, -0.25) is 4.57 Å². The lowest BCUT2D eigenvalue weighted by Gasteiger charge is -2.11. The average molecular weight is 542 g/mol. The Bertz CT molecular complexity index is 2340. The van der Waals surface area contributed by atoms with Crippen LogP contribution < -0.4 is 0 Å². The van der Waals surface area contributed by atoms with Gasteiger partial charge in [-0.15, -0.1) is 11.3 Å². The Morgan fingerprint density at radius 3 is 2.38 bits per heavy atom. The Labute approximate surface area is 232 Å². The summed E-state index contributed by atoms with van der Waals surface area (Å²) in [4.78, 5) is 10.6. The second-order valence-corrected chi connectivity index (χ2v) is 11.2. The van der Waals surface area contributed by atoms with Gasteiger partial charge in [0.25, 0.3) is 0 Å². The average Bonchev–Trinajstić information content (AvgIpc) is 3.60. The molecule has 4 aromatic heterocycles. The fraction of sp³-hybridized carbons (Fsp3) is 0.0303. The van der Waals surface area contributed by atoms with Crippen molar-refractivity contribution in [2.45, 2.75) is 6.92 Å². The molecule has 39 heavy (non-hydrogen) atoms. The molecule has 8 rings (SSSR count). The van der Waals surface area contributed by atoms with E-state index in [0.29, 0.717) is 11.5 Å². The highest BCUT2D eigenvalue weighted by molar-refractivity contribution is 7.20. The lowest BCUT2D eigenvalue weighted by atomic mass is 9.98. The molecule has 4 heterocycles. The maximum absolute atomic E-state index is 6.56. The number of thiophene rings is 1. The monoisotopic (exact) mass is 541 g/mol. The maximum Gasteiger partial charge on any atom is 0.233 e. The lowest BCUT2D eigenvalue weighted by Crippen LogP contribution is -2.00. The molecule has 6 heteroatoms. The Kier molecular flexibility index (Phi) is 4.78. The molecule has 0 aliphatic heterocycles. The number of nitrogens with zero attached hydrogens (tertiary/aromatic N) is 3. The van der Waals surface area contributed by atoms with Crippen molar-refractivity contribution >= 4 is 93.7 Å². The topological polar surface area (TPSA) is 43.9 Å². The number of hydrogen-bond acceptors (Lipinski definition) is 4. The number of halogens is 1. The molecule has 0 saturated carbocycles. The summed E-state index contributed by atoms with van der Waals surface area (Å²) >= 11 is 8.40. The minimum Gasteiger partial charge on any atom is -0.437 e. The van der Waals surface area contributed by atoms with E-state index in [0.717, 1.165) is 38.2 Å². The van der Waals surface area contributed by atoms with Crippen molar-refractivity contribution in [3.8, 4) is 5.82 Å². The number of para-hydroxylation sites is 2. The van der Waals surface area contributed by atoms with E-state index in [2.05, 4.69) is 77.7 Å². The number of benzene rings is 4. The second-order valence-electron chi connectivity index (χ2n) is 9.59. The van der Waals surface area contributed by atoms with Gasteiger partial charge < -0.3 is 4.42 Å². The van der Waals surface area contributed by atoms with Crippen molar-refractivity contribution in [2.24, 2.45) is 0 Å². The van der Waals surface area contributed by atoms with Crippen molar-refractivity contribution in [1.82, 2.24) is 14.5 Å². The van der Waals surface area contributed by atoms with Crippen molar-refractivity contribution in [2.75, 3.05) is 0 Å². The lowest BCUT2D eigenvalue weighted by molar-refractivity contribution is 0.652. The molecule has 0 N–H and O–H groups in total. The number of hydrogen-bond donors (Lipinski definition) is 0. The van der Waals surface area contributed by atoms with Gasteiger partial charge in [-0.05, 0) is 36.2 Å². The van der Waals surface area contributed by atoms with Gasteiger partial charge in [-0.1, -0.05) is 85.5 Å². The van der Waals surface area contributed by atoms with Crippen molar-refractivity contribution in [1.29, 1.82) is 0 Å². The Hall–Kier alpha value is -4.45. The van der Waals surface area contributed by atoms with Crippen molar-refractivity contribution < 1.29 is 4.42 Å². The van der Waals surface area contributed by atoms with Gasteiger partial charge >= 0.3 is 0 Å². The van der Waals surface area contributed by atoms with Crippen LogP contribution in [0.3, 0.4) is 0 Å². The third-order valence-electron chi connectivity index (χ3n) is 7.49. The molecule has 0 fully saturated rings. The van der Waals surface area contributed by atoms with Crippen LogP contribution in [0.5, 0.6) is 0 Å². The zero-order valence-corrected chi connectivity index (χ0v) is 22.5. The summed E-state index contributed by atoms with van der Waals surface area (Å²) in [6.45, 7) is 6.10. The van der Waals surface area contributed by atoms with E-state index in [4.69, 9.17) is 21.0 Å². The fourth-order valence-electron chi connectivity index (χ4n) is 5.96. The highest BCUT2D eigenvalue weighted by Gasteiger charge is 2.25. The summed E-state index contributed by atoms with van der Waals surface area (Å²) in [6.07, 6.45) is 6.01. The number of aromatic nitrogens is 3. The smallest absolute Gasteiger partial charge is 0.233 e. The molecule has 0 amide bonds. The molecule has 0 saturated heterocycles. The molecular weight excluding hydrogens is 522 g/mol. The minimum absolute atomic E-state index is 0.147. The van der Waals surface area contributed by atoms with Crippen LogP contribution in [0, 0.1) is 6.92 Å². The van der Waals surface area contributed by atoms with E-state index in [9.17, 15) is 0 Å². The predicted octanol–water partition coefficient (Wildman–Crippen LogP) is 10.0. The molecule has 4 nitrogen and oxygen atoms in total. The summed E-state index contributed by atoms with van der Waals surface area (Å²) in [5.41, 5.74) is 4.58. The SMILES string of the molecule is C=C/C=C\c1c(C)sc2c3ccccc3c3c(c4ccccc4n3-c3nc(Cl)nc4oc5ccccc5c34)c12. The maximum atomic E-state index is 6.56. The molecule has 8 aromatic rings. The summed E-state index contributed by atoms with van der Waals surface area (Å²) in [5.74, 6) is 0.709. The molecule has 0 atom stereocenters. The number of furan rings is 1. The molecule has 0 unspecified atom stereocenters. The summed E-state index contributed by atoms with van der Waals surface area (Å²) in [7, 11) is 0. The predicted molar refractivity (Wildman–Crippen MR) is 166 cm³/mol. The van der Waals surface area contributed by atoms with Gasteiger partial charge in [0.05, 0.1) is 16.4 Å². The number of aryl methyl sites for hydroxylation is 1. The first-order valence-electron chi connectivity index (χ1n) is 12.7. The Balaban J connectivity index is 1.70. The first-order valence-corrected chi connectivity index (χ1v) is 13.9. The molecule has 0 aliphatic rings. The standard InChI is InChI=1S/C33H20ClN3OS/c1-3-4-11-19-18(2)39-30-21-13-6-5-12-20(21)29-26(27(19)30)22-14-7-9-16-24(22)37(29)31-28-23-15-8-10-17-25(23)38-32(28)36-33(34)35-31/h3-17H,1H2,2H3/b11-4-. The van der Waals surface area contributed by atoms with Gasteiger partial charge in [0.1, 0.15) is 5.58 Å². The van der Waals surface area contributed by atoms with Crippen LogP contribution >= 0.6 is 22.9 Å². The molecule has 0 bridgehead atoms. The number of rotatable bonds is 3. The first kappa shape index (κ1) is 22.5. The van der Waals surface area contributed by atoms with Crippen LogP contribution in [-0.2, 0) is 0 Å². The van der Waals surface area contributed by atoms with Crippen LogP contribution in [0.15, 0.2) is 95.9 Å². The summed E-state index contributed by atoms with van der Waals surface area (Å²) in [5, 5.41) is 7.91. The van der Waals surface area contributed by atoms with E-state index in [1.165, 1.54) is 31.3 Å². The molecule has 0 aliphatic carbocycles. The number of allylic oxidation sites excluding steroid dienone is 2. The van der Waals surface area contributed by atoms with Gasteiger partial charge in [-0.2, -0.15) is 9.97 Å². The van der Waals surface area contributed by atoms with Gasteiger partial charge in [0.15, 0.2) is 5.82 Å². The van der Waals surface area contributed by atoms with Gasteiger partial charge in [0, 0.05) is 41.9 Å². The summed E-state index contributed by atoms with van der Waals surface area (Å²) < 4.78 is 9.68.